The summed E-state index contributed by atoms with van der Waals surface area (Å²) in [5, 5.41) is 3.29. The number of benzene rings is 1. The van der Waals surface area contributed by atoms with Crippen LogP contribution >= 0.6 is 34.2 Å². The van der Waals surface area contributed by atoms with Crippen molar-refractivity contribution >= 4 is 45.8 Å². The first-order valence-corrected chi connectivity index (χ1v) is 5.04. The molecule has 1 aromatic carbocycles. The van der Waals surface area contributed by atoms with E-state index in [1.54, 1.807) is 12.1 Å². The van der Waals surface area contributed by atoms with E-state index in [2.05, 4.69) is 27.9 Å². The number of carbonyl (C=O) groups is 1. The molecule has 1 aliphatic heterocycles. The number of halogens is 2. The molecule has 1 heterocycles. The zero-order chi connectivity index (χ0) is 9.42. The number of amides is 1. The maximum atomic E-state index is 10.9. The quantitative estimate of drug-likeness (QED) is 0.747. The first-order chi connectivity index (χ1) is 6.16. The van der Waals surface area contributed by atoms with E-state index >= 15 is 0 Å². The van der Waals surface area contributed by atoms with Gasteiger partial charge in [-0.3, -0.25) is 4.79 Å². The summed E-state index contributed by atoms with van der Waals surface area (Å²) in [6, 6.07) is 3.49. The number of nitrogens with one attached hydrogen (secondary N) is 1. The Hall–Kier alpha value is -0.490. The van der Waals surface area contributed by atoms with Crippen LogP contribution in [0, 0.1) is 3.57 Å². The van der Waals surface area contributed by atoms with Crippen molar-refractivity contribution in [2.24, 2.45) is 0 Å². The molecule has 68 valence electrons. The van der Waals surface area contributed by atoms with Gasteiger partial charge in [0.2, 0.25) is 0 Å². The monoisotopic (exact) mass is 309 g/mol. The number of anilines is 1. The van der Waals surface area contributed by atoms with E-state index in [1.807, 2.05) is 0 Å². The van der Waals surface area contributed by atoms with Crippen LogP contribution in [0.1, 0.15) is 0 Å². The third-order valence-electron chi connectivity index (χ3n) is 1.66. The van der Waals surface area contributed by atoms with Crippen LogP contribution in [0.3, 0.4) is 0 Å². The summed E-state index contributed by atoms with van der Waals surface area (Å²) >= 11 is 7.99. The Balaban J connectivity index is 2.49. The molecule has 0 fully saturated rings. The van der Waals surface area contributed by atoms with E-state index < -0.39 is 0 Å². The van der Waals surface area contributed by atoms with E-state index in [0.717, 1.165) is 3.57 Å². The van der Waals surface area contributed by atoms with Crippen LogP contribution < -0.4 is 10.1 Å². The Morgan fingerprint density at radius 3 is 3.08 bits per heavy atom. The molecule has 1 aliphatic rings. The molecular formula is C8H5ClINO2. The molecule has 5 heteroatoms. The third-order valence-corrected chi connectivity index (χ3v) is 3.18. The van der Waals surface area contributed by atoms with Gasteiger partial charge in [0.25, 0.3) is 5.91 Å². The molecule has 2 rings (SSSR count). The minimum absolute atomic E-state index is 0.0741. The summed E-state index contributed by atoms with van der Waals surface area (Å²) < 4.78 is 6.11. The maximum absolute atomic E-state index is 10.9. The van der Waals surface area contributed by atoms with Crippen molar-refractivity contribution in [2.45, 2.75) is 0 Å². The van der Waals surface area contributed by atoms with Crippen molar-refractivity contribution in [1.82, 2.24) is 0 Å². The molecular weight excluding hydrogens is 304 g/mol. The molecule has 1 amide bonds. The summed E-state index contributed by atoms with van der Waals surface area (Å²) in [6.07, 6.45) is 0. The number of rotatable bonds is 0. The van der Waals surface area contributed by atoms with Crippen LogP contribution in [0.15, 0.2) is 12.1 Å². The highest BCUT2D eigenvalue weighted by molar-refractivity contribution is 14.1. The van der Waals surface area contributed by atoms with Gasteiger partial charge in [-0.2, -0.15) is 0 Å². The lowest BCUT2D eigenvalue weighted by Crippen LogP contribution is -2.25. The van der Waals surface area contributed by atoms with Gasteiger partial charge in [-0.15, -0.1) is 0 Å². The van der Waals surface area contributed by atoms with Gasteiger partial charge in [-0.1, -0.05) is 11.6 Å². The van der Waals surface area contributed by atoms with Crippen LogP contribution in [0.4, 0.5) is 5.69 Å². The minimum atomic E-state index is -0.148. The summed E-state index contributed by atoms with van der Waals surface area (Å²) in [5.74, 6) is 0.526. The lowest BCUT2D eigenvalue weighted by molar-refractivity contribution is -0.118. The van der Waals surface area contributed by atoms with Crippen molar-refractivity contribution in [3.8, 4) is 5.75 Å². The van der Waals surface area contributed by atoms with Gasteiger partial charge >= 0.3 is 0 Å². The van der Waals surface area contributed by atoms with Gasteiger partial charge in [0, 0.05) is 3.57 Å². The van der Waals surface area contributed by atoms with Crippen LogP contribution in [0.2, 0.25) is 5.02 Å². The number of carbonyl (C=O) groups excluding carboxylic acids is 1. The Morgan fingerprint density at radius 2 is 2.31 bits per heavy atom. The molecule has 0 bridgehead atoms. The van der Waals surface area contributed by atoms with Crippen molar-refractivity contribution in [1.29, 1.82) is 0 Å². The van der Waals surface area contributed by atoms with Crippen LogP contribution in [0.5, 0.6) is 5.75 Å². The van der Waals surface area contributed by atoms with Gasteiger partial charge in [-0.25, -0.2) is 0 Å². The summed E-state index contributed by atoms with van der Waals surface area (Å²) in [7, 11) is 0. The molecule has 0 saturated carbocycles. The average molecular weight is 309 g/mol. The average Bonchev–Trinajstić information content (AvgIpc) is 2.08. The van der Waals surface area contributed by atoms with Crippen molar-refractivity contribution < 1.29 is 9.53 Å². The molecule has 1 aromatic rings. The molecule has 0 atom stereocenters. The Morgan fingerprint density at radius 1 is 1.54 bits per heavy atom. The first-order valence-electron chi connectivity index (χ1n) is 3.58. The van der Waals surface area contributed by atoms with Crippen LogP contribution in [0.25, 0.3) is 0 Å². The highest BCUT2D eigenvalue weighted by Crippen LogP contribution is 2.33. The molecule has 1 N–H and O–H groups in total. The molecule has 0 aliphatic carbocycles. The zero-order valence-electron chi connectivity index (χ0n) is 6.43. The molecule has 0 radical (unpaired) electrons. The lowest BCUT2D eigenvalue weighted by Gasteiger charge is -2.18. The highest BCUT2D eigenvalue weighted by Gasteiger charge is 2.17. The molecule has 0 saturated heterocycles. The smallest absolute Gasteiger partial charge is 0.262 e. The summed E-state index contributed by atoms with van der Waals surface area (Å²) in [6.45, 7) is 0.0741. The Labute approximate surface area is 93.5 Å². The molecule has 0 spiro atoms. The van der Waals surface area contributed by atoms with E-state index in [0.29, 0.717) is 16.5 Å². The zero-order valence-corrected chi connectivity index (χ0v) is 9.35. The predicted octanol–water partition coefficient (Wildman–Crippen LogP) is 2.28. The summed E-state index contributed by atoms with van der Waals surface area (Å²) in [4.78, 5) is 10.9. The van der Waals surface area contributed by atoms with Gasteiger partial charge in [0.1, 0.15) is 5.75 Å². The first kappa shape index (κ1) is 9.08. The highest BCUT2D eigenvalue weighted by atomic mass is 127. The summed E-state index contributed by atoms with van der Waals surface area (Å²) in [5.41, 5.74) is 0.640. The molecule has 3 nitrogen and oxygen atoms in total. The van der Waals surface area contributed by atoms with Crippen LogP contribution in [-0.2, 0) is 4.79 Å². The largest absolute Gasteiger partial charge is 0.482 e. The number of ether oxygens (including phenoxy) is 1. The fraction of sp³-hybridized carbons (Fsp3) is 0.125. The molecule has 13 heavy (non-hydrogen) atoms. The lowest BCUT2D eigenvalue weighted by atomic mass is 10.2. The van der Waals surface area contributed by atoms with Crippen molar-refractivity contribution in [3.63, 3.8) is 0 Å². The minimum Gasteiger partial charge on any atom is -0.482 e. The Kier molecular flexibility index (Phi) is 2.33. The topological polar surface area (TPSA) is 38.3 Å². The second-order valence-electron chi connectivity index (χ2n) is 2.60. The van der Waals surface area contributed by atoms with Crippen molar-refractivity contribution in [3.05, 3.63) is 20.7 Å². The van der Waals surface area contributed by atoms with Crippen molar-refractivity contribution in [2.75, 3.05) is 11.9 Å². The van der Waals surface area contributed by atoms with Crippen LogP contribution in [-0.4, -0.2) is 12.5 Å². The predicted molar refractivity (Wildman–Crippen MR) is 58.3 cm³/mol. The fourth-order valence-corrected chi connectivity index (χ4v) is 1.68. The maximum Gasteiger partial charge on any atom is 0.262 e. The third kappa shape index (κ3) is 1.73. The van der Waals surface area contributed by atoms with E-state index in [-0.39, 0.29) is 12.5 Å². The standard InChI is InChI=1S/C8H5ClINO2/c9-4-1-6-7(2-5(4)10)13-3-8(12)11-6/h1-2H,3H2,(H,11,12). The number of fused-ring (bicyclic) bond motifs is 1. The molecule has 0 unspecified atom stereocenters. The van der Waals surface area contributed by atoms with E-state index in [4.69, 9.17) is 16.3 Å². The van der Waals surface area contributed by atoms with E-state index in [1.165, 1.54) is 0 Å². The molecule has 0 aromatic heterocycles. The normalized spacial score (nSPS) is 14.5. The number of hydrogen-bond acceptors (Lipinski definition) is 2. The number of hydrogen-bond donors (Lipinski definition) is 1. The second kappa shape index (κ2) is 3.34. The van der Waals surface area contributed by atoms with Gasteiger partial charge in [0.05, 0.1) is 10.7 Å². The van der Waals surface area contributed by atoms with Gasteiger partial charge in [0.15, 0.2) is 6.61 Å². The SMILES string of the molecule is O=C1COc2cc(I)c(Cl)cc2N1. The Bertz CT molecular complexity index is 381. The fourth-order valence-electron chi connectivity index (χ4n) is 1.08. The van der Waals surface area contributed by atoms with Gasteiger partial charge in [-0.05, 0) is 34.7 Å². The van der Waals surface area contributed by atoms with Gasteiger partial charge < -0.3 is 10.1 Å². The second-order valence-corrected chi connectivity index (χ2v) is 4.17. The van der Waals surface area contributed by atoms with E-state index in [9.17, 15) is 4.79 Å².